The highest BCUT2D eigenvalue weighted by molar-refractivity contribution is 5.85. The van der Waals surface area contributed by atoms with Crippen LogP contribution in [-0.2, 0) is 25.5 Å². The van der Waals surface area contributed by atoms with Crippen molar-refractivity contribution in [2.24, 2.45) is 23.7 Å². The molecule has 2 fully saturated rings. The number of hydrogen-bond donors (Lipinski definition) is 2. The number of ether oxygens (including phenoxy) is 2. The molecule has 6 unspecified atom stereocenters. The summed E-state index contributed by atoms with van der Waals surface area (Å²) in [5.41, 5.74) is 1.14. The topological polar surface area (TPSA) is 93.1 Å². The fraction of sp³-hybridized carbons (Fsp3) is 0.583. The van der Waals surface area contributed by atoms with Gasteiger partial charge in [0.15, 0.2) is 0 Å². The van der Waals surface area contributed by atoms with Gasteiger partial charge in [-0.3, -0.25) is 4.79 Å². The second-order valence-corrected chi connectivity index (χ2v) is 8.20. The summed E-state index contributed by atoms with van der Waals surface area (Å²) in [5, 5.41) is 21.1. The zero-order valence-electron chi connectivity index (χ0n) is 17.5. The molecule has 6 heteroatoms. The minimum atomic E-state index is -0.781. The summed E-state index contributed by atoms with van der Waals surface area (Å²) in [4.78, 5) is 23.5. The van der Waals surface area contributed by atoms with Crippen molar-refractivity contribution in [3.8, 4) is 0 Å². The molecule has 0 saturated heterocycles. The molecule has 3 rings (SSSR count). The van der Waals surface area contributed by atoms with Gasteiger partial charge in [0.25, 0.3) is 0 Å². The molecule has 1 aromatic carbocycles. The first-order valence-electron chi connectivity index (χ1n) is 10.8. The Kier molecular flexibility index (Phi) is 8.19. The van der Waals surface area contributed by atoms with Gasteiger partial charge in [-0.15, -0.1) is 0 Å². The van der Waals surface area contributed by atoms with E-state index < -0.39 is 12.2 Å². The van der Waals surface area contributed by atoms with E-state index in [2.05, 4.69) is 0 Å². The normalized spacial score (nSPS) is 27.1. The highest BCUT2D eigenvalue weighted by Crippen LogP contribution is 2.61. The third-order valence-corrected chi connectivity index (χ3v) is 6.26. The van der Waals surface area contributed by atoms with E-state index in [1.807, 2.05) is 42.5 Å². The highest BCUT2D eigenvalue weighted by Gasteiger charge is 2.64. The molecule has 6 nitrogen and oxygen atoms in total. The molecule has 0 heterocycles. The predicted octanol–water partition coefficient (Wildman–Crippen LogP) is 2.32. The van der Waals surface area contributed by atoms with Crippen molar-refractivity contribution in [1.29, 1.82) is 0 Å². The Morgan fingerprint density at radius 2 is 2.00 bits per heavy atom. The third kappa shape index (κ3) is 5.78. The van der Waals surface area contributed by atoms with Crippen molar-refractivity contribution >= 4 is 11.8 Å². The molecule has 1 aromatic rings. The minimum absolute atomic E-state index is 0.00642. The van der Waals surface area contributed by atoms with Gasteiger partial charge in [0, 0.05) is 12.3 Å². The summed E-state index contributed by atoms with van der Waals surface area (Å²) in [6.45, 7) is 2.28. The molecule has 6 atom stereocenters. The molecule has 0 aliphatic heterocycles. The van der Waals surface area contributed by atoms with Crippen LogP contribution in [0.1, 0.15) is 31.7 Å². The van der Waals surface area contributed by atoms with Crippen LogP contribution in [0.3, 0.4) is 0 Å². The first kappa shape index (κ1) is 22.7. The van der Waals surface area contributed by atoms with Crippen LogP contribution in [0.4, 0.5) is 0 Å². The summed E-state index contributed by atoms with van der Waals surface area (Å²) in [7, 11) is 0. The van der Waals surface area contributed by atoms with Gasteiger partial charge in [-0.25, -0.2) is 4.79 Å². The second-order valence-electron chi connectivity index (χ2n) is 8.20. The summed E-state index contributed by atoms with van der Waals surface area (Å²) in [5.74, 6) is 0.107. The lowest BCUT2D eigenvalue weighted by Crippen LogP contribution is -2.32. The molecule has 0 amide bonds. The van der Waals surface area contributed by atoms with E-state index in [1.54, 1.807) is 6.92 Å². The van der Waals surface area contributed by atoms with Gasteiger partial charge in [0.2, 0.25) is 0 Å². The lowest BCUT2D eigenvalue weighted by Gasteiger charge is -2.21. The zero-order chi connectivity index (χ0) is 21.5. The van der Waals surface area contributed by atoms with Crippen LogP contribution in [0.15, 0.2) is 42.5 Å². The van der Waals surface area contributed by atoms with E-state index in [4.69, 9.17) is 9.47 Å². The predicted molar refractivity (Wildman–Crippen MR) is 112 cm³/mol. The molecule has 2 aliphatic carbocycles. The third-order valence-electron chi connectivity index (χ3n) is 6.26. The number of Topliss-reactive ketones (excluding diaryl/α,β-unsaturated/α-hetero) is 1. The van der Waals surface area contributed by atoms with Crippen molar-refractivity contribution in [2.45, 2.75) is 44.8 Å². The second kappa shape index (κ2) is 10.8. The minimum Gasteiger partial charge on any atom is -0.464 e. The lowest BCUT2D eigenvalue weighted by molar-refractivity contribution is -0.147. The van der Waals surface area contributed by atoms with Crippen molar-refractivity contribution in [3.05, 3.63) is 48.0 Å². The Labute approximate surface area is 177 Å². The molecule has 2 aliphatic rings. The highest BCUT2D eigenvalue weighted by atomic mass is 16.6. The molecular weight excluding hydrogens is 384 g/mol. The van der Waals surface area contributed by atoms with Crippen molar-refractivity contribution in [3.63, 3.8) is 0 Å². The molecule has 30 heavy (non-hydrogen) atoms. The van der Waals surface area contributed by atoms with E-state index in [0.29, 0.717) is 25.9 Å². The molecule has 2 saturated carbocycles. The van der Waals surface area contributed by atoms with Crippen LogP contribution in [0.5, 0.6) is 0 Å². The van der Waals surface area contributed by atoms with Gasteiger partial charge in [-0.1, -0.05) is 42.5 Å². The molecule has 0 aromatic heterocycles. The van der Waals surface area contributed by atoms with Crippen LogP contribution in [-0.4, -0.2) is 54.0 Å². The largest absolute Gasteiger partial charge is 0.464 e. The maximum absolute atomic E-state index is 12.3. The number of allylic oxidation sites excluding steroid dienone is 1. The fourth-order valence-electron chi connectivity index (χ4n) is 4.75. The number of carbonyl (C=O) groups is 2. The average Bonchev–Trinajstić information content (AvgIpc) is 3.34. The monoisotopic (exact) mass is 416 g/mol. The quantitative estimate of drug-likeness (QED) is 0.309. The van der Waals surface area contributed by atoms with Crippen molar-refractivity contribution < 1.29 is 29.3 Å². The number of aliphatic hydroxyl groups is 2. The zero-order valence-corrected chi connectivity index (χ0v) is 17.5. The first-order valence-corrected chi connectivity index (χ1v) is 10.8. The van der Waals surface area contributed by atoms with Gasteiger partial charge in [-0.2, -0.15) is 0 Å². The number of rotatable bonds is 12. The van der Waals surface area contributed by atoms with Crippen LogP contribution in [0.2, 0.25) is 0 Å². The molecule has 0 spiro atoms. The van der Waals surface area contributed by atoms with Gasteiger partial charge < -0.3 is 19.7 Å². The molecular formula is C24H32O6. The number of aryl methyl sites for hydroxylation is 1. The Balaban J connectivity index is 1.40. The summed E-state index contributed by atoms with van der Waals surface area (Å²) >= 11 is 0. The number of hydrogen-bond acceptors (Lipinski definition) is 6. The number of fused-ring (bicyclic) bond motifs is 1. The smallest absolute Gasteiger partial charge is 0.332 e. The van der Waals surface area contributed by atoms with E-state index in [0.717, 1.165) is 12.0 Å². The Hall–Kier alpha value is -2.02. The summed E-state index contributed by atoms with van der Waals surface area (Å²) in [6, 6.07) is 9.92. The first-order chi connectivity index (χ1) is 14.5. The number of benzene rings is 1. The number of esters is 1. The van der Waals surface area contributed by atoms with Crippen LogP contribution in [0, 0.1) is 23.7 Å². The fourth-order valence-corrected chi connectivity index (χ4v) is 4.75. The van der Waals surface area contributed by atoms with E-state index in [-0.39, 0.29) is 48.6 Å². The molecule has 0 radical (unpaired) electrons. The van der Waals surface area contributed by atoms with Gasteiger partial charge in [-0.05, 0) is 49.5 Å². The Bertz CT molecular complexity index is 730. The van der Waals surface area contributed by atoms with E-state index in [1.165, 1.54) is 0 Å². The average molecular weight is 417 g/mol. The van der Waals surface area contributed by atoms with Crippen LogP contribution >= 0.6 is 0 Å². The van der Waals surface area contributed by atoms with Gasteiger partial charge in [0.05, 0.1) is 25.4 Å². The van der Waals surface area contributed by atoms with Crippen LogP contribution < -0.4 is 0 Å². The van der Waals surface area contributed by atoms with Gasteiger partial charge in [0.1, 0.15) is 12.4 Å². The maximum atomic E-state index is 12.3. The van der Waals surface area contributed by atoms with Crippen LogP contribution in [0.25, 0.3) is 0 Å². The number of carbonyl (C=O) groups excluding carboxylic acids is 2. The van der Waals surface area contributed by atoms with Gasteiger partial charge >= 0.3 is 5.97 Å². The maximum Gasteiger partial charge on any atom is 0.332 e. The van der Waals surface area contributed by atoms with E-state index in [9.17, 15) is 19.8 Å². The standard InChI is InChI=1S/C24H32O6/c1-2-30-21(27)15-29-13-7-6-10-17-20(26)14-18-22(17)23(18)24(28)19(25)12-11-16-8-4-3-5-9-16/h3-9,17-19,22-25,28H,2,10-15H2,1H3/b7-6-. The molecule has 2 N–H and O–H groups in total. The molecule has 0 bridgehead atoms. The lowest BCUT2D eigenvalue weighted by atomic mass is 9.90. The van der Waals surface area contributed by atoms with E-state index >= 15 is 0 Å². The SMILES string of the molecule is CCOC(=O)COC/C=C\CC1C(=O)CC2C1C2C(O)C(O)CCc1ccccc1. The van der Waals surface area contributed by atoms with Crippen molar-refractivity contribution in [2.75, 3.05) is 19.8 Å². The molecule has 164 valence electrons. The Morgan fingerprint density at radius 3 is 2.73 bits per heavy atom. The van der Waals surface area contributed by atoms with Crippen molar-refractivity contribution in [1.82, 2.24) is 0 Å². The number of ketones is 1. The number of aliphatic hydroxyl groups excluding tert-OH is 2. The summed E-state index contributed by atoms with van der Waals surface area (Å²) in [6.07, 6.45) is 4.49. The summed E-state index contributed by atoms with van der Waals surface area (Å²) < 4.78 is 9.99. The Morgan fingerprint density at radius 1 is 1.23 bits per heavy atom.